The van der Waals surface area contributed by atoms with Crippen LogP contribution in [0.4, 0.5) is 10.5 Å². The van der Waals surface area contributed by atoms with Crippen LogP contribution in [0.2, 0.25) is 5.02 Å². The van der Waals surface area contributed by atoms with E-state index >= 15 is 0 Å². The number of piperidine rings is 1. The van der Waals surface area contributed by atoms with Gasteiger partial charge in [-0.2, -0.15) is 0 Å². The highest BCUT2D eigenvalue weighted by molar-refractivity contribution is 6.33. The van der Waals surface area contributed by atoms with Crippen molar-refractivity contribution >= 4 is 29.2 Å². The molecular weight excluding hydrogens is 302 g/mol. The van der Waals surface area contributed by atoms with Gasteiger partial charge in [-0.3, -0.25) is 4.79 Å². The highest BCUT2D eigenvalue weighted by atomic mass is 35.5. The lowest BCUT2D eigenvalue weighted by atomic mass is 9.92. The summed E-state index contributed by atoms with van der Waals surface area (Å²) >= 11 is 6.12. The number of carbonyl (C=O) groups excluding carboxylic acids is 2. The largest absolute Gasteiger partial charge is 0.355 e. The Labute approximate surface area is 136 Å². The van der Waals surface area contributed by atoms with E-state index in [1.807, 2.05) is 4.90 Å². The number of nitrogens with one attached hydrogen (secondary N) is 2. The zero-order chi connectivity index (χ0) is 16.3. The van der Waals surface area contributed by atoms with Crippen molar-refractivity contribution in [2.75, 3.05) is 25.5 Å². The number of amides is 3. The Kier molecular flexibility index (Phi) is 5.29. The summed E-state index contributed by atoms with van der Waals surface area (Å²) in [7, 11) is 1.56. The summed E-state index contributed by atoms with van der Waals surface area (Å²) < 4.78 is 0. The number of hydrogen-bond donors (Lipinski definition) is 2. The van der Waals surface area contributed by atoms with Crippen LogP contribution < -0.4 is 10.6 Å². The minimum atomic E-state index is -0.215. The van der Waals surface area contributed by atoms with Crippen LogP contribution >= 0.6 is 11.6 Å². The number of nitrogens with zero attached hydrogens (tertiary/aromatic N) is 1. The van der Waals surface area contributed by atoms with Crippen LogP contribution in [0, 0.1) is 11.8 Å². The van der Waals surface area contributed by atoms with Crippen LogP contribution in [0.15, 0.2) is 18.2 Å². The molecule has 0 bridgehead atoms. The summed E-state index contributed by atoms with van der Waals surface area (Å²) in [5.74, 6) is 0.761. The van der Waals surface area contributed by atoms with E-state index in [-0.39, 0.29) is 11.9 Å². The Morgan fingerprint density at radius 1 is 1.23 bits per heavy atom. The van der Waals surface area contributed by atoms with Crippen LogP contribution in [0.1, 0.15) is 30.6 Å². The van der Waals surface area contributed by atoms with E-state index in [0.717, 1.165) is 19.5 Å². The van der Waals surface area contributed by atoms with Gasteiger partial charge in [-0.15, -0.1) is 0 Å². The number of likely N-dealkylation sites (tertiary alicyclic amines) is 1. The van der Waals surface area contributed by atoms with Crippen molar-refractivity contribution in [3.8, 4) is 0 Å². The molecule has 2 atom stereocenters. The fourth-order valence-corrected chi connectivity index (χ4v) is 3.09. The molecule has 0 spiro atoms. The highest BCUT2D eigenvalue weighted by Crippen LogP contribution is 2.25. The molecule has 0 aromatic heterocycles. The van der Waals surface area contributed by atoms with E-state index in [0.29, 0.717) is 28.1 Å². The van der Waals surface area contributed by atoms with Crippen LogP contribution in [0.25, 0.3) is 0 Å². The Hall–Kier alpha value is -1.75. The summed E-state index contributed by atoms with van der Waals surface area (Å²) in [6.07, 6.45) is 1.14. The predicted octanol–water partition coefficient (Wildman–Crippen LogP) is 3.21. The molecule has 1 aliphatic heterocycles. The molecule has 22 heavy (non-hydrogen) atoms. The molecule has 1 aromatic rings. The second kappa shape index (κ2) is 7.01. The van der Waals surface area contributed by atoms with Crippen molar-refractivity contribution in [2.24, 2.45) is 11.8 Å². The zero-order valence-electron chi connectivity index (χ0n) is 13.1. The number of benzene rings is 1. The maximum atomic E-state index is 12.4. The van der Waals surface area contributed by atoms with E-state index < -0.39 is 0 Å². The van der Waals surface area contributed by atoms with Crippen LogP contribution in [-0.4, -0.2) is 37.0 Å². The molecule has 1 saturated heterocycles. The molecule has 2 unspecified atom stereocenters. The molecule has 120 valence electrons. The normalized spacial score (nSPS) is 21.4. The molecule has 2 N–H and O–H groups in total. The fraction of sp³-hybridized carbons (Fsp3) is 0.500. The van der Waals surface area contributed by atoms with Crippen molar-refractivity contribution in [2.45, 2.75) is 20.3 Å². The van der Waals surface area contributed by atoms with Gasteiger partial charge in [0.25, 0.3) is 5.91 Å². The van der Waals surface area contributed by atoms with Gasteiger partial charge in [0.15, 0.2) is 0 Å². The van der Waals surface area contributed by atoms with Gasteiger partial charge in [0, 0.05) is 25.7 Å². The van der Waals surface area contributed by atoms with Crippen molar-refractivity contribution in [3.05, 3.63) is 28.8 Å². The first-order valence-corrected chi connectivity index (χ1v) is 7.86. The highest BCUT2D eigenvalue weighted by Gasteiger charge is 2.25. The third-order valence-corrected chi connectivity index (χ3v) is 4.18. The smallest absolute Gasteiger partial charge is 0.321 e. The summed E-state index contributed by atoms with van der Waals surface area (Å²) in [6, 6.07) is 4.66. The Balaban J connectivity index is 2.12. The first kappa shape index (κ1) is 16.6. The van der Waals surface area contributed by atoms with Gasteiger partial charge in [-0.25, -0.2) is 4.79 Å². The quantitative estimate of drug-likeness (QED) is 0.878. The Morgan fingerprint density at radius 2 is 1.86 bits per heavy atom. The van der Waals surface area contributed by atoms with Crippen LogP contribution in [-0.2, 0) is 0 Å². The first-order valence-electron chi connectivity index (χ1n) is 7.48. The van der Waals surface area contributed by atoms with Crippen LogP contribution in [0.5, 0.6) is 0 Å². The summed E-state index contributed by atoms with van der Waals surface area (Å²) in [5, 5.41) is 5.78. The van der Waals surface area contributed by atoms with E-state index in [2.05, 4.69) is 24.5 Å². The second-order valence-corrected chi connectivity index (χ2v) is 6.46. The summed E-state index contributed by atoms with van der Waals surface area (Å²) in [4.78, 5) is 25.9. The lowest BCUT2D eigenvalue weighted by Crippen LogP contribution is -2.44. The summed E-state index contributed by atoms with van der Waals surface area (Å²) in [5.41, 5.74) is 0.918. The molecule has 6 heteroatoms. The monoisotopic (exact) mass is 323 g/mol. The number of urea groups is 1. The van der Waals surface area contributed by atoms with Crippen molar-refractivity contribution < 1.29 is 9.59 Å². The number of anilines is 1. The SMILES string of the molecule is CNC(=O)c1ccc(Cl)c(NC(=O)N2CC(C)CC(C)C2)c1. The third kappa shape index (κ3) is 3.91. The molecule has 0 saturated carbocycles. The average Bonchev–Trinajstić information content (AvgIpc) is 2.47. The van der Waals surface area contributed by atoms with Gasteiger partial charge in [0.1, 0.15) is 0 Å². The van der Waals surface area contributed by atoms with Gasteiger partial charge in [0.2, 0.25) is 0 Å². The van der Waals surface area contributed by atoms with E-state index in [1.165, 1.54) is 0 Å². The topological polar surface area (TPSA) is 61.4 Å². The van der Waals surface area contributed by atoms with E-state index in [1.54, 1.807) is 25.2 Å². The predicted molar refractivity (Wildman–Crippen MR) is 88.4 cm³/mol. The van der Waals surface area contributed by atoms with Gasteiger partial charge >= 0.3 is 6.03 Å². The number of halogens is 1. The van der Waals surface area contributed by atoms with Crippen molar-refractivity contribution in [1.82, 2.24) is 10.2 Å². The molecule has 5 nitrogen and oxygen atoms in total. The van der Waals surface area contributed by atoms with Crippen molar-refractivity contribution in [1.29, 1.82) is 0 Å². The molecule has 1 fully saturated rings. The van der Waals surface area contributed by atoms with Gasteiger partial charge in [0.05, 0.1) is 10.7 Å². The maximum Gasteiger partial charge on any atom is 0.321 e. The van der Waals surface area contributed by atoms with Gasteiger partial charge < -0.3 is 15.5 Å². The molecular formula is C16H22ClN3O2. The van der Waals surface area contributed by atoms with E-state index in [9.17, 15) is 9.59 Å². The molecule has 3 amide bonds. The molecule has 1 heterocycles. The maximum absolute atomic E-state index is 12.4. The second-order valence-electron chi connectivity index (χ2n) is 6.05. The number of carbonyl (C=O) groups is 2. The Bertz CT molecular complexity index is 567. The van der Waals surface area contributed by atoms with Crippen molar-refractivity contribution in [3.63, 3.8) is 0 Å². The van der Waals surface area contributed by atoms with Gasteiger partial charge in [-0.05, 0) is 36.5 Å². The summed E-state index contributed by atoms with van der Waals surface area (Å²) in [6.45, 7) is 5.77. The number of rotatable bonds is 2. The third-order valence-electron chi connectivity index (χ3n) is 3.85. The molecule has 0 radical (unpaired) electrons. The zero-order valence-corrected chi connectivity index (χ0v) is 13.9. The lowest BCUT2D eigenvalue weighted by Gasteiger charge is -2.35. The molecule has 0 aliphatic carbocycles. The van der Waals surface area contributed by atoms with Gasteiger partial charge in [-0.1, -0.05) is 25.4 Å². The standard InChI is InChI=1S/C16H22ClN3O2/c1-10-6-11(2)9-20(8-10)16(22)19-14-7-12(15(21)18-3)4-5-13(14)17/h4-5,7,10-11H,6,8-9H2,1-3H3,(H,18,21)(H,19,22). The number of hydrogen-bond acceptors (Lipinski definition) is 2. The minimum absolute atomic E-state index is 0.172. The van der Waals surface area contributed by atoms with Crippen LogP contribution in [0.3, 0.4) is 0 Å². The average molecular weight is 324 g/mol. The molecule has 1 aliphatic rings. The minimum Gasteiger partial charge on any atom is -0.355 e. The first-order chi connectivity index (χ1) is 10.4. The van der Waals surface area contributed by atoms with E-state index in [4.69, 9.17) is 11.6 Å². The lowest BCUT2D eigenvalue weighted by molar-refractivity contribution is 0.0963. The fourth-order valence-electron chi connectivity index (χ4n) is 2.93. The molecule has 2 rings (SSSR count). The Morgan fingerprint density at radius 3 is 2.45 bits per heavy atom. The molecule has 1 aromatic carbocycles.